The van der Waals surface area contributed by atoms with Crippen molar-refractivity contribution in [2.24, 2.45) is 4.99 Å². The number of amidine groups is 1. The van der Waals surface area contributed by atoms with Gasteiger partial charge in [-0.3, -0.25) is 19.6 Å². The molecule has 3 amide bonds. The molecule has 0 radical (unpaired) electrons. The van der Waals surface area contributed by atoms with Crippen molar-refractivity contribution < 1.29 is 27.5 Å². The van der Waals surface area contributed by atoms with E-state index in [0.717, 1.165) is 49.6 Å². The summed E-state index contributed by atoms with van der Waals surface area (Å²) in [6, 6.07) is 12.8. The minimum absolute atomic E-state index is 0.111. The Kier molecular flexibility index (Phi) is 11.0. The number of nitrogens with zero attached hydrogens (tertiary/aromatic N) is 5. The van der Waals surface area contributed by atoms with E-state index in [2.05, 4.69) is 4.90 Å². The van der Waals surface area contributed by atoms with Crippen LogP contribution in [0.3, 0.4) is 0 Å². The van der Waals surface area contributed by atoms with Crippen LogP contribution in [0.1, 0.15) is 55.8 Å². The quantitative estimate of drug-likeness (QED) is 0.298. The second kappa shape index (κ2) is 15.2. The van der Waals surface area contributed by atoms with Gasteiger partial charge in [-0.25, -0.2) is 4.79 Å². The molecule has 13 heteroatoms. The first-order valence-electron chi connectivity index (χ1n) is 16.8. The van der Waals surface area contributed by atoms with E-state index in [1.54, 1.807) is 41.0 Å². The van der Waals surface area contributed by atoms with Gasteiger partial charge in [0.15, 0.2) is 0 Å². The van der Waals surface area contributed by atoms with Crippen molar-refractivity contribution in [3.05, 3.63) is 93.0 Å². The third-order valence-corrected chi connectivity index (χ3v) is 10.1. The number of ether oxygens (including phenoxy) is 1. The van der Waals surface area contributed by atoms with Gasteiger partial charge in [0.05, 0.1) is 18.7 Å². The molecule has 2 aromatic rings. The van der Waals surface area contributed by atoms with Crippen molar-refractivity contribution in [1.82, 2.24) is 19.6 Å². The molecule has 0 spiro atoms. The number of carbonyl (C=O) groups excluding carboxylic acids is 2. The van der Waals surface area contributed by atoms with Gasteiger partial charge in [-0.15, -0.1) is 0 Å². The molecule has 0 N–H and O–H groups in total. The normalized spacial score (nSPS) is 23.7. The highest BCUT2D eigenvalue weighted by Crippen LogP contribution is 2.46. The van der Waals surface area contributed by atoms with Crippen molar-refractivity contribution in [1.29, 1.82) is 0 Å². The van der Waals surface area contributed by atoms with Crippen LogP contribution >= 0.6 is 23.2 Å². The van der Waals surface area contributed by atoms with Crippen LogP contribution in [0.2, 0.25) is 10.0 Å². The summed E-state index contributed by atoms with van der Waals surface area (Å²) in [6.07, 6.45) is -0.249. The van der Waals surface area contributed by atoms with E-state index in [1.807, 2.05) is 29.2 Å². The number of carbonyl (C=O) groups is 2. The van der Waals surface area contributed by atoms with E-state index >= 15 is 0 Å². The maximum atomic E-state index is 14.8. The summed E-state index contributed by atoms with van der Waals surface area (Å²) in [7, 11) is 0. The van der Waals surface area contributed by atoms with Crippen LogP contribution in [0.25, 0.3) is 0 Å². The third-order valence-electron chi connectivity index (χ3n) is 9.61. The van der Waals surface area contributed by atoms with E-state index < -0.39 is 36.4 Å². The zero-order valence-corrected chi connectivity index (χ0v) is 28.9. The van der Waals surface area contributed by atoms with Crippen LogP contribution in [0.15, 0.2) is 76.8 Å². The molecule has 0 aromatic heterocycles. The lowest BCUT2D eigenvalue weighted by Crippen LogP contribution is -2.56. The Balaban J connectivity index is 1.35. The molecule has 3 atom stereocenters. The molecule has 49 heavy (non-hydrogen) atoms. The Morgan fingerprint density at radius 3 is 2.04 bits per heavy atom. The van der Waals surface area contributed by atoms with E-state index in [4.69, 9.17) is 32.9 Å². The first-order chi connectivity index (χ1) is 23.5. The number of amides is 3. The Morgan fingerprint density at radius 2 is 1.45 bits per heavy atom. The van der Waals surface area contributed by atoms with E-state index in [-0.39, 0.29) is 24.4 Å². The molecule has 0 saturated carbocycles. The van der Waals surface area contributed by atoms with Gasteiger partial charge in [-0.2, -0.15) is 13.2 Å². The number of aliphatic imine (C=N–C) groups is 1. The Morgan fingerprint density at radius 1 is 0.837 bits per heavy atom. The molecule has 3 unspecified atom stereocenters. The molecular formula is C36H40Cl2F3N5O3. The molecule has 2 saturated heterocycles. The lowest BCUT2D eigenvalue weighted by atomic mass is 9.92. The Bertz CT molecular complexity index is 1600. The predicted octanol–water partition coefficient (Wildman–Crippen LogP) is 7.46. The minimum Gasteiger partial charge on any atom is -0.373 e. The summed E-state index contributed by atoms with van der Waals surface area (Å²) in [5.74, 6) is 0.378. The smallest absolute Gasteiger partial charge is 0.373 e. The third kappa shape index (κ3) is 8.01. The van der Waals surface area contributed by atoms with Crippen LogP contribution in [0.5, 0.6) is 0 Å². The first-order valence-corrected chi connectivity index (χ1v) is 17.6. The number of piperazine rings is 1. The fourth-order valence-corrected chi connectivity index (χ4v) is 7.26. The topological polar surface area (TPSA) is 68.7 Å². The molecule has 3 aliphatic heterocycles. The summed E-state index contributed by atoms with van der Waals surface area (Å²) in [4.78, 5) is 40.2. The minimum atomic E-state index is -4.52. The fraction of sp³-hybridized carbons (Fsp3) is 0.472. The summed E-state index contributed by atoms with van der Waals surface area (Å²) in [5, 5.41) is 1.06. The average molecular weight is 719 g/mol. The van der Waals surface area contributed by atoms with Gasteiger partial charge < -0.3 is 14.5 Å². The van der Waals surface area contributed by atoms with Gasteiger partial charge in [-0.05, 0) is 61.6 Å². The summed E-state index contributed by atoms with van der Waals surface area (Å²) < 4.78 is 47.5. The van der Waals surface area contributed by atoms with Gasteiger partial charge in [0.2, 0.25) is 5.91 Å². The number of halogens is 5. The number of likely N-dealkylation sites (tertiary alicyclic amines) is 1. The Labute approximate surface area is 294 Å². The van der Waals surface area contributed by atoms with E-state index in [1.165, 1.54) is 6.08 Å². The largest absolute Gasteiger partial charge is 0.412 e. The maximum absolute atomic E-state index is 14.8. The highest BCUT2D eigenvalue weighted by atomic mass is 35.5. The highest BCUT2D eigenvalue weighted by Gasteiger charge is 2.47. The number of hydrogen-bond acceptors (Lipinski definition) is 5. The molecule has 8 nitrogen and oxygen atoms in total. The number of urea groups is 1. The lowest BCUT2D eigenvalue weighted by molar-refractivity contribution is -0.133. The Hall–Kier alpha value is -3.38. The van der Waals surface area contributed by atoms with E-state index in [9.17, 15) is 22.8 Å². The molecule has 4 aliphatic rings. The van der Waals surface area contributed by atoms with E-state index in [0.29, 0.717) is 48.3 Å². The highest BCUT2D eigenvalue weighted by molar-refractivity contribution is 6.30. The van der Waals surface area contributed by atoms with Gasteiger partial charge in [0.1, 0.15) is 11.9 Å². The number of benzene rings is 2. The zero-order chi connectivity index (χ0) is 34.7. The molecule has 1 aliphatic carbocycles. The maximum Gasteiger partial charge on any atom is 0.412 e. The number of alkyl halides is 3. The molecule has 262 valence electrons. The standard InChI is InChI=1S/C36H40Cl2F3N5O3/c1-2-49-30-22-26(36(39,40)41)10-15-29(30)34-42-32(24-6-11-27(37)12-7-24)33(25-8-13-28(38)14-9-25)46(34)35(48)45-20-18-43(19-21-45)23-31(47)44-16-4-3-5-17-44/h6-15,30,32-33H,2-5,16-23H2,1H3. The SMILES string of the molecule is CCOC1CC(C(F)(F)F)=CC=C1C1=NC(c2ccc(Cl)cc2)C(c2ccc(Cl)cc2)N1C(=O)N1CCN(CC(=O)N2CCCCC2)CC1. The zero-order valence-electron chi connectivity index (χ0n) is 27.3. The lowest BCUT2D eigenvalue weighted by Gasteiger charge is -2.40. The molecule has 6 rings (SSSR count). The number of allylic oxidation sites excluding steroid dienone is 2. The van der Waals surface area contributed by atoms with Crippen molar-refractivity contribution in [3.8, 4) is 0 Å². The van der Waals surface area contributed by atoms with Crippen LogP contribution in [-0.2, 0) is 9.53 Å². The molecule has 0 bridgehead atoms. The van der Waals surface area contributed by atoms with Gasteiger partial charge in [0, 0.05) is 73.5 Å². The second-order valence-electron chi connectivity index (χ2n) is 12.8. The van der Waals surface area contributed by atoms with Crippen molar-refractivity contribution >= 4 is 41.0 Å². The van der Waals surface area contributed by atoms with Gasteiger partial charge in [-0.1, -0.05) is 59.6 Å². The van der Waals surface area contributed by atoms with Crippen LogP contribution in [-0.4, -0.2) is 102 Å². The molecular weight excluding hydrogens is 678 g/mol. The van der Waals surface area contributed by atoms with Crippen LogP contribution in [0, 0.1) is 0 Å². The summed E-state index contributed by atoms with van der Waals surface area (Å²) in [5.41, 5.74) is 1.25. The van der Waals surface area contributed by atoms with Crippen molar-refractivity contribution in [2.75, 3.05) is 52.4 Å². The summed E-state index contributed by atoms with van der Waals surface area (Å²) >= 11 is 12.5. The molecule has 3 heterocycles. The first kappa shape index (κ1) is 35.4. The average Bonchev–Trinajstić information content (AvgIpc) is 3.49. The number of rotatable bonds is 7. The predicted molar refractivity (Wildman–Crippen MR) is 184 cm³/mol. The van der Waals surface area contributed by atoms with Crippen LogP contribution < -0.4 is 0 Å². The van der Waals surface area contributed by atoms with Crippen molar-refractivity contribution in [2.45, 2.75) is 57.0 Å². The molecule has 2 fully saturated rings. The van der Waals surface area contributed by atoms with Gasteiger partial charge in [0.25, 0.3) is 0 Å². The molecule has 2 aromatic carbocycles. The van der Waals surface area contributed by atoms with Crippen molar-refractivity contribution in [3.63, 3.8) is 0 Å². The second-order valence-corrected chi connectivity index (χ2v) is 13.6. The summed E-state index contributed by atoms with van der Waals surface area (Å²) in [6.45, 7) is 5.56. The number of piperidine rings is 1. The van der Waals surface area contributed by atoms with Crippen LogP contribution in [0.4, 0.5) is 18.0 Å². The van der Waals surface area contributed by atoms with Gasteiger partial charge >= 0.3 is 12.2 Å². The fourth-order valence-electron chi connectivity index (χ4n) is 7.01. The monoisotopic (exact) mass is 717 g/mol. The number of hydrogen-bond donors (Lipinski definition) is 0.